The number of fused-ring (bicyclic) bond motifs is 1. The molecule has 2 nitrogen and oxygen atoms in total. The third kappa shape index (κ3) is 3.29. The maximum Gasteiger partial charge on any atom is 0.161 e. The maximum absolute atomic E-state index is 5.70. The molecule has 0 bridgehead atoms. The second-order valence-corrected chi connectivity index (χ2v) is 5.32. The molecule has 1 aromatic carbocycles. The van der Waals surface area contributed by atoms with Crippen LogP contribution in [0.3, 0.4) is 0 Å². The summed E-state index contributed by atoms with van der Waals surface area (Å²) < 4.78 is 11.3. The summed E-state index contributed by atoms with van der Waals surface area (Å²) in [6.07, 6.45) is 3.16. The molecule has 1 aliphatic heterocycles. The number of rotatable bonds is 3. The Morgan fingerprint density at radius 2 is 2.00 bits per heavy atom. The van der Waals surface area contributed by atoms with E-state index in [1.54, 1.807) is 0 Å². The molecule has 0 radical (unpaired) electrons. The Kier molecular flexibility index (Phi) is 4.70. The minimum Gasteiger partial charge on any atom is -0.490 e. The summed E-state index contributed by atoms with van der Waals surface area (Å²) in [7, 11) is 0. The summed E-state index contributed by atoms with van der Waals surface area (Å²) in [4.78, 5) is 0. The van der Waals surface area contributed by atoms with Gasteiger partial charge in [0.1, 0.15) is 0 Å². The van der Waals surface area contributed by atoms with E-state index in [-0.39, 0.29) is 0 Å². The largest absolute Gasteiger partial charge is 0.490 e. The van der Waals surface area contributed by atoms with Gasteiger partial charge in [-0.15, -0.1) is 0 Å². The van der Waals surface area contributed by atoms with Gasteiger partial charge in [-0.2, -0.15) is 0 Å². The number of hydrogen-bond donors (Lipinski definition) is 0. The molecule has 2 rings (SSSR count). The van der Waals surface area contributed by atoms with E-state index in [1.807, 2.05) is 6.07 Å². The number of hydrogen-bond acceptors (Lipinski definition) is 2. The minimum atomic E-state index is 0.542. The molecule has 18 heavy (non-hydrogen) atoms. The van der Waals surface area contributed by atoms with E-state index < -0.39 is 0 Å². The Labute approximate surface area is 117 Å². The van der Waals surface area contributed by atoms with Crippen molar-refractivity contribution in [2.24, 2.45) is 5.92 Å². The van der Waals surface area contributed by atoms with Gasteiger partial charge in [-0.05, 0) is 23.6 Å². The van der Waals surface area contributed by atoms with E-state index in [4.69, 9.17) is 9.47 Å². The number of allylic oxidation sites excluding steroid dienone is 1. The van der Waals surface area contributed by atoms with E-state index in [1.165, 1.54) is 11.1 Å². The highest BCUT2D eigenvalue weighted by atomic mass is 79.9. The molecule has 0 unspecified atom stereocenters. The number of benzene rings is 1. The summed E-state index contributed by atoms with van der Waals surface area (Å²) in [6, 6.07) is 6.14. The van der Waals surface area contributed by atoms with Gasteiger partial charge in [0.15, 0.2) is 11.5 Å². The molecule has 0 saturated carbocycles. The second kappa shape index (κ2) is 6.28. The standard InChI is InChI=1S/C15H19BrO2/c1-11(2)13(10-16)8-12-4-5-14-15(9-12)18-7-3-6-17-14/h4-5,8-9,11H,3,6-7,10H2,1-2H3. The minimum absolute atomic E-state index is 0.542. The lowest BCUT2D eigenvalue weighted by Crippen LogP contribution is -1.97. The van der Waals surface area contributed by atoms with Crippen LogP contribution in [0.2, 0.25) is 0 Å². The Morgan fingerprint density at radius 1 is 1.28 bits per heavy atom. The third-order valence-electron chi connectivity index (χ3n) is 3.02. The van der Waals surface area contributed by atoms with E-state index in [0.29, 0.717) is 5.92 Å². The molecule has 98 valence electrons. The van der Waals surface area contributed by atoms with Crippen molar-refractivity contribution in [2.45, 2.75) is 20.3 Å². The van der Waals surface area contributed by atoms with Crippen LogP contribution >= 0.6 is 15.9 Å². The molecule has 0 spiro atoms. The molecule has 3 heteroatoms. The molecule has 1 aliphatic rings. The molecule has 0 saturated heterocycles. The van der Waals surface area contributed by atoms with Crippen molar-refractivity contribution in [3.8, 4) is 11.5 Å². The molecule has 0 N–H and O–H groups in total. The lowest BCUT2D eigenvalue weighted by atomic mass is 10.0. The van der Waals surface area contributed by atoms with Crippen LogP contribution in [-0.2, 0) is 0 Å². The average molecular weight is 311 g/mol. The number of alkyl halides is 1. The summed E-state index contributed by atoms with van der Waals surface area (Å²) in [6.45, 7) is 5.88. The highest BCUT2D eigenvalue weighted by Crippen LogP contribution is 2.31. The topological polar surface area (TPSA) is 18.5 Å². The van der Waals surface area contributed by atoms with E-state index in [0.717, 1.165) is 36.5 Å². The third-order valence-corrected chi connectivity index (χ3v) is 3.67. The van der Waals surface area contributed by atoms with Gasteiger partial charge < -0.3 is 9.47 Å². The van der Waals surface area contributed by atoms with Gasteiger partial charge in [0, 0.05) is 11.8 Å². The first-order valence-electron chi connectivity index (χ1n) is 6.37. The molecular weight excluding hydrogens is 292 g/mol. The van der Waals surface area contributed by atoms with E-state index >= 15 is 0 Å². The average Bonchev–Trinajstić information content (AvgIpc) is 2.60. The maximum atomic E-state index is 5.70. The zero-order chi connectivity index (χ0) is 13.0. The fourth-order valence-corrected chi connectivity index (χ4v) is 2.65. The van der Waals surface area contributed by atoms with Gasteiger partial charge in [-0.1, -0.05) is 47.5 Å². The van der Waals surface area contributed by atoms with E-state index in [9.17, 15) is 0 Å². The highest BCUT2D eigenvalue weighted by molar-refractivity contribution is 9.09. The van der Waals surface area contributed by atoms with Crippen LogP contribution in [0.5, 0.6) is 11.5 Å². The zero-order valence-electron chi connectivity index (χ0n) is 10.9. The summed E-state index contributed by atoms with van der Waals surface area (Å²) in [5, 5.41) is 0.902. The molecule has 1 heterocycles. The summed E-state index contributed by atoms with van der Waals surface area (Å²) in [5.74, 6) is 2.26. The van der Waals surface area contributed by atoms with Gasteiger partial charge in [0.25, 0.3) is 0 Å². The van der Waals surface area contributed by atoms with E-state index in [2.05, 4.69) is 48.0 Å². The monoisotopic (exact) mass is 310 g/mol. The fourth-order valence-electron chi connectivity index (χ4n) is 1.84. The molecule has 0 amide bonds. The van der Waals surface area contributed by atoms with Gasteiger partial charge in [0.05, 0.1) is 13.2 Å². The smallest absolute Gasteiger partial charge is 0.161 e. The number of ether oxygens (including phenoxy) is 2. The lowest BCUT2D eigenvalue weighted by Gasteiger charge is -2.10. The Balaban J connectivity index is 2.27. The fraction of sp³-hybridized carbons (Fsp3) is 0.467. The van der Waals surface area contributed by atoms with Crippen LogP contribution in [-0.4, -0.2) is 18.5 Å². The Hall–Kier alpha value is -0.960. The zero-order valence-corrected chi connectivity index (χ0v) is 12.5. The van der Waals surface area contributed by atoms with Crippen molar-refractivity contribution in [3.05, 3.63) is 29.3 Å². The summed E-state index contributed by atoms with van der Waals surface area (Å²) >= 11 is 3.54. The van der Waals surface area contributed by atoms with Crippen LogP contribution in [0.25, 0.3) is 6.08 Å². The summed E-state index contributed by atoms with van der Waals surface area (Å²) in [5.41, 5.74) is 2.55. The number of halogens is 1. The second-order valence-electron chi connectivity index (χ2n) is 4.76. The Bertz CT molecular complexity index is 438. The van der Waals surface area contributed by atoms with Crippen LogP contribution < -0.4 is 9.47 Å². The van der Waals surface area contributed by atoms with Crippen molar-refractivity contribution < 1.29 is 9.47 Å². The first-order valence-corrected chi connectivity index (χ1v) is 7.49. The molecule has 0 atom stereocenters. The van der Waals surface area contributed by atoms with Crippen LogP contribution in [0.1, 0.15) is 25.8 Å². The van der Waals surface area contributed by atoms with Crippen molar-refractivity contribution in [2.75, 3.05) is 18.5 Å². The van der Waals surface area contributed by atoms with Crippen molar-refractivity contribution in [1.82, 2.24) is 0 Å². The first-order chi connectivity index (χ1) is 8.70. The highest BCUT2D eigenvalue weighted by Gasteiger charge is 2.10. The predicted molar refractivity (Wildman–Crippen MR) is 78.7 cm³/mol. The molecule has 0 aromatic heterocycles. The SMILES string of the molecule is CC(C)C(=Cc1ccc2c(c1)OCCCO2)CBr. The lowest BCUT2D eigenvalue weighted by molar-refractivity contribution is 0.297. The van der Waals surface area contributed by atoms with Crippen LogP contribution in [0.15, 0.2) is 23.8 Å². The van der Waals surface area contributed by atoms with Crippen molar-refractivity contribution in [1.29, 1.82) is 0 Å². The molecule has 1 aromatic rings. The van der Waals surface area contributed by atoms with Gasteiger partial charge in [0.2, 0.25) is 0 Å². The Morgan fingerprint density at radius 3 is 2.67 bits per heavy atom. The quantitative estimate of drug-likeness (QED) is 0.776. The normalized spacial score (nSPS) is 15.7. The molecular formula is C15H19BrO2. The van der Waals surface area contributed by atoms with Gasteiger partial charge in [-0.3, -0.25) is 0 Å². The van der Waals surface area contributed by atoms with Gasteiger partial charge in [-0.25, -0.2) is 0 Å². The first kappa shape index (κ1) is 13.5. The molecule has 0 aliphatic carbocycles. The predicted octanol–water partition coefficient (Wildman–Crippen LogP) is 4.28. The van der Waals surface area contributed by atoms with Crippen LogP contribution in [0, 0.1) is 5.92 Å². The van der Waals surface area contributed by atoms with Crippen LogP contribution in [0.4, 0.5) is 0 Å². The molecule has 0 fully saturated rings. The van der Waals surface area contributed by atoms with Crippen molar-refractivity contribution in [3.63, 3.8) is 0 Å². The van der Waals surface area contributed by atoms with Gasteiger partial charge >= 0.3 is 0 Å². The van der Waals surface area contributed by atoms with Crippen molar-refractivity contribution >= 4 is 22.0 Å².